The van der Waals surface area contributed by atoms with E-state index in [1.165, 1.54) is 21.8 Å². The molecule has 1 heterocycles. The van der Waals surface area contributed by atoms with E-state index in [-0.39, 0.29) is 5.91 Å². The molecule has 0 spiro atoms. The molecule has 0 fully saturated rings. The van der Waals surface area contributed by atoms with Crippen molar-refractivity contribution < 1.29 is 9.53 Å². The van der Waals surface area contributed by atoms with Crippen LogP contribution in [0.1, 0.15) is 20.4 Å². The molecule has 0 radical (unpaired) electrons. The van der Waals surface area contributed by atoms with E-state index in [1.807, 2.05) is 0 Å². The number of aryl methyl sites for hydroxylation is 1. The molecule has 3 aromatic rings. The van der Waals surface area contributed by atoms with Crippen LogP contribution in [0.25, 0.3) is 0 Å². The van der Waals surface area contributed by atoms with Gasteiger partial charge in [0.25, 0.3) is 5.91 Å². The molecule has 0 aliphatic rings. The first-order valence-electron chi connectivity index (χ1n) is 7.61. The van der Waals surface area contributed by atoms with Crippen molar-refractivity contribution in [3.63, 3.8) is 0 Å². The number of methoxy groups -OCH3 is 1. The van der Waals surface area contributed by atoms with Crippen LogP contribution in [0.5, 0.6) is 5.75 Å². The van der Waals surface area contributed by atoms with Crippen molar-refractivity contribution in [1.82, 2.24) is 10.2 Å². The number of ether oxygens (including phenoxy) is 1. The Morgan fingerprint density at radius 2 is 1.84 bits per heavy atom. The lowest BCUT2D eigenvalue weighted by Gasteiger charge is -2.04. The number of hydrogen-bond acceptors (Lipinski definition) is 6. The smallest absolute Gasteiger partial charge is 0.286 e. The second-order valence-electron chi connectivity index (χ2n) is 5.29. The molecule has 1 N–H and O–H groups in total. The third-order valence-corrected chi connectivity index (χ3v) is 5.52. The van der Waals surface area contributed by atoms with E-state index in [1.54, 1.807) is 43.1 Å². The molecule has 0 aliphatic heterocycles. The second-order valence-corrected chi connectivity index (χ2v) is 7.40. The van der Waals surface area contributed by atoms with Gasteiger partial charge in [0.2, 0.25) is 5.01 Å². The highest BCUT2D eigenvalue weighted by molar-refractivity contribution is 7.98. The zero-order valence-corrected chi connectivity index (χ0v) is 15.5. The lowest BCUT2D eigenvalue weighted by atomic mass is 10.2. The van der Waals surface area contributed by atoms with Gasteiger partial charge in [0, 0.05) is 10.6 Å². The Bertz CT molecular complexity index is 846. The van der Waals surface area contributed by atoms with E-state index in [4.69, 9.17) is 4.74 Å². The molecule has 128 valence electrons. The molecule has 5 nitrogen and oxygen atoms in total. The van der Waals surface area contributed by atoms with E-state index in [9.17, 15) is 4.79 Å². The highest BCUT2D eigenvalue weighted by atomic mass is 32.2. The van der Waals surface area contributed by atoms with Crippen molar-refractivity contribution in [2.24, 2.45) is 0 Å². The average Bonchev–Trinajstić information content (AvgIpc) is 3.11. The number of aromatic nitrogens is 2. The van der Waals surface area contributed by atoms with Crippen molar-refractivity contribution in [2.75, 3.05) is 12.4 Å². The minimum Gasteiger partial charge on any atom is -0.497 e. The van der Waals surface area contributed by atoms with E-state index in [0.29, 0.717) is 16.4 Å². The van der Waals surface area contributed by atoms with Crippen LogP contribution in [-0.2, 0) is 5.75 Å². The number of nitrogens with one attached hydrogen (secondary N) is 1. The fourth-order valence-electron chi connectivity index (χ4n) is 2.04. The molecule has 0 saturated heterocycles. The summed E-state index contributed by atoms with van der Waals surface area (Å²) in [5.41, 5.74) is 1.93. The van der Waals surface area contributed by atoms with Gasteiger partial charge in [0.1, 0.15) is 10.8 Å². The summed E-state index contributed by atoms with van der Waals surface area (Å²) in [6.07, 6.45) is 0. The number of rotatable bonds is 6. The fourth-order valence-corrected chi connectivity index (χ4v) is 3.66. The lowest BCUT2D eigenvalue weighted by Crippen LogP contribution is -2.11. The Labute approximate surface area is 154 Å². The van der Waals surface area contributed by atoms with Crippen LogP contribution in [0.2, 0.25) is 0 Å². The molecule has 0 saturated carbocycles. The normalized spacial score (nSPS) is 10.5. The number of benzene rings is 2. The maximum atomic E-state index is 12.3. The van der Waals surface area contributed by atoms with Crippen LogP contribution >= 0.6 is 23.1 Å². The van der Waals surface area contributed by atoms with Gasteiger partial charge in [0.05, 0.1) is 12.9 Å². The fraction of sp³-hybridized carbons (Fsp3) is 0.167. The number of carbonyl (C=O) groups is 1. The van der Waals surface area contributed by atoms with E-state index < -0.39 is 0 Å². The molecule has 7 heteroatoms. The first-order valence-corrected chi connectivity index (χ1v) is 9.41. The third kappa shape index (κ3) is 4.80. The van der Waals surface area contributed by atoms with Gasteiger partial charge in [-0.3, -0.25) is 4.79 Å². The quantitative estimate of drug-likeness (QED) is 0.651. The van der Waals surface area contributed by atoms with Gasteiger partial charge >= 0.3 is 0 Å². The maximum absolute atomic E-state index is 12.3. The summed E-state index contributed by atoms with van der Waals surface area (Å²) in [5, 5.41) is 12.1. The molecule has 1 aromatic heterocycles. The Morgan fingerprint density at radius 3 is 2.52 bits per heavy atom. The first kappa shape index (κ1) is 17.4. The molecule has 0 atom stereocenters. The lowest BCUT2D eigenvalue weighted by molar-refractivity contribution is 0.102. The molecule has 3 rings (SSSR count). The minimum absolute atomic E-state index is 0.255. The van der Waals surface area contributed by atoms with Crippen LogP contribution < -0.4 is 10.1 Å². The SMILES string of the molecule is COc1ccc(NC(=O)c2nnc(CSc3ccc(C)cc3)s2)cc1. The highest BCUT2D eigenvalue weighted by Gasteiger charge is 2.13. The standard InChI is InChI=1S/C18H17N3O2S2/c1-12-3-9-15(10-4-12)24-11-16-20-21-18(25-16)17(22)19-13-5-7-14(23-2)8-6-13/h3-10H,11H2,1-2H3,(H,19,22). The van der Waals surface area contributed by atoms with Crippen molar-refractivity contribution in [3.8, 4) is 5.75 Å². The summed E-state index contributed by atoms with van der Waals surface area (Å²) in [4.78, 5) is 13.4. The van der Waals surface area contributed by atoms with Crippen molar-refractivity contribution in [1.29, 1.82) is 0 Å². The Balaban J connectivity index is 1.58. The monoisotopic (exact) mass is 371 g/mol. The van der Waals surface area contributed by atoms with Gasteiger partial charge in [-0.1, -0.05) is 29.0 Å². The molecule has 25 heavy (non-hydrogen) atoms. The second kappa shape index (κ2) is 8.13. The molecule has 2 aromatic carbocycles. The largest absolute Gasteiger partial charge is 0.497 e. The van der Waals surface area contributed by atoms with Gasteiger partial charge < -0.3 is 10.1 Å². The maximum Gasteiger partial charge on any atom is 0.286 e. The zero-order chi connectivity index (χ0) is 17.6. The number of anilines is 1. The number of amides is 1. The number of thioether (sulfide) groups is 1. The van der Waals surface area contributed by atoms with Gasteiger partial charge in [-0.05, 0) is 43.3 Å². The molecule has 0 unspecified atom stereocenters. The Kier molecular flexibility index (Phi) is 5.67. The average molecular weight is 371 g/mol. The van der Waals surface area contributed by atoms with Crippen LogP contribution in [0.15, 0.2) is 53.4 Å². The van der Waals surface area contributed by atoms with E-state index in [0.717, 1.165) is 10.8 Å². The van der Waals surface area contributed by atoms with Crippen LogP contribution in [0, 0.1) is 6.92 Å². The molecular formula is C18H17N3O2S2. The third-order valence-electron chi connectivity index (χ3n) is 3.39. The molecule has 1 amide bonds. The Hall–Kier alpha value is -2.38. The summed E-state index contributed by atoms with van der Waals surface area (Å²) in [5.74, 6) is 1.18. The molecule has 0 aliphatic carbocycles. The van der Waals surface area contributed by atoms with Crippen LogP contribution in [0.4, 0.5) is 5.69 Å². The minimum atomic E-state index is -0.255. The van der Waals surface area contributed by atoms with Gasteiger partial charge in [-0.2, -0.15) is 0 Å². The summed E-state index contributed by atoms with van der Waals surface area (Å²) < 4.78 is 5.10. The van der Waals surface area contributed by atoms with Crippen LogP contribution in [-0.4, -0.2) is 23.2 Å². The first-order chi connectivity index (χ1) is 12.1. The zero-order valence-electron chi connectivity index (χ0n) is 13.9. The molecule has 0 bridgehead atoms. The predicted molar refractivity (Wildman–Crippen MR) is 102 cm³/mol. The van der Waals surface area contributed by atoms with Crippen molar-refractivity contribution >= 4 is 34.7 Å². The summed E-state index contributed by atoms with van der Waals surface area (Å²) in [6.45, 7) is 2.06. The van der Waals surface area contributed by atoms with Gasteiger partial charge in [-0.15, -0.1) is 22.0 Å². The highest BCUT2D eigenvalue weighted by Crippen LogP contribution is 2.25. The summed E-state index contributed by atoms with van der Waals surface area (Å²) in [7, 11) is 1.60. The van der Waals surface area contributed by atoms with Gasteiger partial charge in [0.15, 0.2) is 0 Å². The Morgan fingerprint density at radius 1 is 1.12 bits per heavy atom. The van der Waals surface area contributed by atoms with Crippen LogP contribution in [0.3, 0.4) is 0 Å². The van der Waals surface area contributed by atoms with Gasteiger partial charge in [-0.25, -0.2) is 0 Å². The molecular weight excluding hydrogens is 354 g/mol. The van der Waals surface area contributed by atoms with Crippen molar-refractivity contribution in [2.45, 2.75) is 17.6 Å². The number of nitrogens with zero attached hydrogens (tertiary/aromatic N) is 2. The van der Waals surface area contributed by atoms with Crippen molar-refractivity contribution in [3.05, 3.63) is 64.1 Å². The summed E-state index contributed by atoms with van der Waals surface area (Å²) in [6, 6.07) is 15.5. The van der Waals surface area contributed by atoms with E-state index in [2.05, 4.69) is 46.7 Å². The van der Waals surface area contributed by atoms with E-state index >= 15 is 0 Å². The topological polar surface area (TPSA) is 64.1 Å². The predicted octanol–water partition coefficient (Wildman–Crippen LogP) is 4.40. The number of carbonyl (C=O) groups excluding carboxylic acids is 1. The number of hydrogen-bond donors (Lipinski definition) is 1. The summed E-state index contributed by atoms with van der Waals surface area (Å²) >= 11 is 2.99.